The van der Waals surface area contributed by atoms with Crippen molar-refractivity contribution < 1.29 is 4.74 Å². The van der Waals surface area contributed by atoms with Crippen molar-refractivity contribution in [1.82, 2.24) is 20.4 Å². The zero-order valence-corrected chi connectivity index (χ0v) is 18.2. The van der Waals surface area contributed by atoms with Crippen LogP contribution in [0, 0.1) is 0 Å². The molecule has 2 heterocycles. The molecule has 0 aliphatic carbocycles. The number of aromatic nitrogens is 2. The number of anilines is 1. The Hall–Kier alpha value is -2.41. The number of ether oxygens (including phenoxy) is 1. The minimum absolute atomic E-state index is 0.329. The number of nitrogens with zero attached hydrogens (tertiary/aromatic N) is 4. The maximum atomic E-state index is 6.20. The SMILES string of the molecule is CCNC(=NCCCc1cnn(C)c1)NC1CCN(c2cc(Cl)ccc2OC)C1. The van der Waals surface area contributed by atoms with Gasteiger partial charge < -0.3 is 20.3 Å². The number of halogens is 1. The van der Waals surface area contributed by atoms with Crippen LogP contribution < -0.4 is 20.3 Å². The molecule has 29 heavy (non-hydrogen) atoms. The van der Waals surface area contributed by atoms with E-state index in [0.29, 0.717) is 6.04 Å². The van der Waals surface area contributed by atoms with Gasteiger partial charge in [-0.3, -0.25) is 9.67 Å². The highest BCUT2D eigenvalue weighted by molar-refractivity contribution is 6.30. The molecule has 1 unspecified atom stereocenters. The Balaban J connectivity index is 1.53. The Bertz CT molecular complexity index is 821. The molecule has 158 valence electrons. The summed E-state index contributed by atoms with van der Waals surface area (Å²) in [4.78, 5) is 7.06. The third kappa shape index (κ3) is 6.03. The number of methoxy groups -OCH3 is 1. The van der Waals surface area contributed by atoms with Crippen LogP contribution in [0.5, 0.6) is 5.75 Å². The summed E-state index contributed by atoms with van der Waals surface area (Å²) in [7, 11) is 3.64. The maximum Gasteiger partial charge on any atom is 0.191 e. The summed E-state index contributed by atoms with van der Waals surface area (Å²) >= 11 is 6.20. The molecule has 1 fully saturated rings. The number of hydrogen-bond donors (Lipinski definition) is 2. The molecule has 0 spiro atoms. The van der Waals surface area contributed by atoms with Crippen LogP contribution >= 0.6 is 11.6 Å². The third-order valence-corrected chi connectivity index (χ3v) is 5.24. The van der Waals surface area contributed by atoms with Crippen LogP contribution in [-0.4, -0.2) is 55.1 Å². The van der Waals surface area contributed by atoms with Gasteiger partial charge in [0.1, 0.15) is 5.75 Å². The van der Waals surface area contributed by atoms with Gasteiger partial charge in [-0.25, -0.2) is 0 Å². The molecule has 1 aliphatic heterocycles. The molecule has 0 radical (unpaired) electrons. The molecule has 0 bridgehead atoms. The van der Waals surface area contributed by atoms with Crippen LogP contribution in [-0.2, 0) is 13.5 Å². The van der Waals surface area contributed by atoms with E-state index >= 15 is 0 Å². The summed E-state index contributed by atoms with van der Waals surface area (Å²) < 4.78 is 7.35. The van der Waals surface area contributed by atoms with Gasteiger partial charge in [0.05, 0.1) is 19.0 Å². The Morgan fingerprint density at radius 2 is 2.28 bits per heavy atom. The van der Waals surface area contributed by atoms with E-state index in [2.05, 4.69) is 33.8 Å². The highest BCUT2D eigenvalue weighted by Gasteiger charge is 2.25. The second-order valence-electron chi connectivity index (χ2n) is 7.28. The van der Waals surface area contributed by atoms with E-state index < -0.39 is 0 Å². The molecule has 2 aromatic rings. The van der Waals surface area contributed by atoms with Crippen LogP contribution in [0.1, 0.15) is 25.3 Å². The molecule has 1 saturated heterocycles. The number of rotatable bonds is 8. The van der Waals surface area contributed by atoms with E-state index in [-0.39, 0.29) is 0 Å². The number of nitrogens with one attached hydrogen (secondary N) is 2. The first-order valence-electron chi connectivity index (χ1n) is 10.2. The van der Waals surface area contributed by atoms with Gasteiger partial charge in [0.2, 0.25) is 0 Å². The Kier molecular flexibility index (Phi) is 7.63. The average Bonchev–Trinajstić information content (AvgIpc) is 3.34. The molecular formula is C21H31ClN6O. The molecule has 8 heteroatoms. The number of benzene rings is 1. The second-order valence-corrected chi connectivity index (χ2v) is 7.72. The van der Waals surface area contributed by atoms with Gasteiger partial charge >= 0.3 is 0 Å². The van der Waals surface area contributed by atoms with Crippen LogP contribution in [0.3, 0.4) is 0 Å². The first-order chi connectivity index (χ1) is 14.1. The Morgan fingerprint density at radius 1 is 1.41 bits per heavy atom. The third-order valence-electron chi connectivity index (χ3n) is 5.01. The minimum atomic E-state index is 0.329. The quantitative estimate of drug-likeness (QED) is 0.392. The molecule has 1 aromatic heterocycles. The van der Waals surface area contributed by atoms with Crippen molar-refractivity contribution >= 4 is 23.2 Å². The lowest BCUT2D eigenvalue weighted by Crippen LogP contribution is -2.44. The monoisotopic (exact) mass is 418 g/mol. The molecule has 7 nitrogen and oxygen atoms in total. The van der Waals surface area contributed by atoms with Crippen molar-refractivity contribution in [3.8, 4) is 5.75 Å². The van der Waals surface area contributed by atoms with Gasteiger partial charge in [-0.1, -0.05) is 11.6 Å². The fraction of sp³-hybridized carbons (Fsp3) is 0.524. The summed E-state index contributed by atoms with van der Waals surface area (Å²) in [6.07, 6.45) is 7.01. The normalized spacial score (nSPS) is 16.9. The van der Waals surface area contributed by atoms with Crippen LogP contribution in [0.2, 0.25) is 5.02 Å². The predicted octanol–water partition coefficient (Wildman–Crippen LogP) is 2.85. The maximum absolute atomic E-state index is 6.20. The van der Waals surface area contributed by atoms with Crippen molar-refractivity contribution in [2.24, 2.45) is 12.0 Å². The summed E-state index contributed by atoms with van der Waals surface area (Å²) in [6, 6.07) is 6.08. The largest absolute Gasteiger partial charge is 0.495 e. The van der Waals surface area contributed by atoms with Gasteiger partial charge in [-0.15, -0.1) is 0 Å². The highest BCUT2D eigenvalue weighted by Crippen LogP contribution is 2.33. The summed E-state index contributed by atoms with van der Waals surface area (Å²) in [6.45, 7) is 5.55. The lowest BCUT2D eigenvalue weighted by Gasteiger charge is -2.22. The summed E-state index contributed by atoms with van der Waals surface area (Å²) in [5.74, 6) is 1.73. The lowest BCUT2D eigenvalue weighted by molar-refractivity contribution is 0.415. The van der Waals surface area contributed by atoms with Crippen molar-refractivity contribution in [3.05, 3.63) is 41.2 Å². The first-order valence-corrected chi connectivity index (χ1v) is 10.6. The molecule has 1 atom stereocenters. The van der Waals surface area contributed by atoms with E-state index in [9.17, 15) is 0 Å². The average molecular weight is 419 g/mol. The number of aryl methyl sites for hydroxylation is 2. The molecule has 0 saturated carbocycles. The number of guanidine groups is 1. The molecule has 3 rings (SSSR count). The second kappa shape index (κ2) is 10.4. The van der Waals surface area contributed by atoms with Crippen LogP contribution in [0.4, 0.5) is 5.69 Å². The van der Waals surface area contributed by atoms with E-state index in [1.165, 1.54) is 5.56 Å². The van der Waals surface area contributed by atoms with Crippen LogP contribution in [0.15, 0.2) is 35.6 Å². The Morgan fingerprint density at radius 3 is 3.00 bits per heavy atom. The molecule has 0 amide bonds. The van der Waals surface area contributed by atoms with Gasteiger partial charge in [0, 0.05) is 50.5 Å². The number of hydrogen-bond acceptors (Lipinski definition) is 4. The van der Waals surface area contributed by atoms with Crippen molar-refractivity contribution in [2.45, 2.75) is 32.2 Å². The first kappa shape index (κ1) is 21.3. The predicted molar refractivity (Wildman–Crippen MR) is 119 cm³/mol. The smallest absolute Gasteiger partial charge is 0.191 e. The minimum Gasteiger partial charge on any atom is -0.495 e. The van der Waals surface area contributed by atoms with Gasteiger partial charge in [0.15, 0.2) is 5.96 Å². The summed E-state index contributed by atoms with van der Waals surface area (Å²) in [5, 5.41) is 11.9. The lowest BCUT2D eigenvalue weighted by atomic mass is 10.2. The van der Waals surface area contributed by atoms with Crippen LogP contribution in [0.25, 0.3) is 0 Å². The fourth-order valence-electron chi connectivity index (χ4n) is 3.60. The van der Waals surface area contributed by atoms with Crippen molar-refractivity contribution in [2.75, 3.05) is 38.2 Å². The van der Waals surface area contributed by atoms with Crippen molar-refractivity contribution in [3.63, 3.8) is 0 Å². The Labute approximate surface area is 178 Å². The topological polar surface area (TPSA) is 66.7 Å². The zero-order valence-electron chi connectivity index (χ0n) is 17.5. The van der Waals surface area contributed by atoms with E-state index in [4.69, 9.17) is 21.3 Å². The van der Waals surface area contributed by atoms with Gasteiger partial charge in [-0.05, 0) is 49.9 Å². The molecular weight excluding hydrogens is 388 g/mol. The highest BCUT2D eigenvalue weighted by atomic mass is 35.5. The van der Waals surface area contributed by atoms with Gasteiger partial charge in [-0.2, -0.15) is 5.10 Å². The van der Waals surface area contributed by atoms with Gasteiger partial charge in [0.25, 0.3) is 0 Å². The summed E-state index contributed by atoms with van der Waals surface area (Å²) in [5.41, 5.74) is 2.30. The zero-order chi connectivity index (χ0) is 20.6. The van der Waals surface area contributed by atoms with E-state index in [1.54, 1.807) is 7.11 Å². The molecule has 1 aliphatic rings. The van der Waals surface area contributed by atoms with Crippen molar-refractivity contribution in [1.29, 1.82) is 0 Å². The van der Waals surface area contributed by atoms with E-state index in [1.807, 2.05) is 36.1 Å². The molecule has 1 aromatic carbocycles. The van der Waals surface area contributed by atoms with E-state index in [0.717, 1.165) is 67.9 Å². The standard InChI is InChI=1S/C21H31ClN6O/c1-4-23-21(24-10-5-6-16-13-25-27(2)14-16)26-18-9-11-28(15-18)19-12-17(22)7-8-20(19)29-3/h7-8,12-14,18H,4-6,9-11,15H2,1-3H3,(H2,23,24,26). The molecule has 2 N–H and O–H groups in total. The number of aliphatic imine (C=N–C) groups is 1. The fourth-order valence-corrected chi connectivity index (χ4v) is 3.76.